The van der Waals surface area contributed by atoms with Gasteiger partial charge in [0.05, 0.1) is 5.69 Å². The molecular formula is C16H18N2O2S. The van der Waals surface area contributed by atoms with E-state index in [0.717, 1.165) is 22.3 Å². The van der Waals surface area contributed by atoms with Crippen LogP contribution in [0.5, 0.6) is 11.5 Å². The Bertz CT molecular complexity index is 635. The molecule has 1 aliphatic heterocycles. The molecule has 1 fully saturated rings. The molecule has 1 saturated carbocycles. The lowest BCUT2D eigenvalue weighted by Crippen LogP contribution is -2.04. The summed E-state index contributed by atoms with van der Waals surface area (Å²) in [5.41, 5.74) is 2.24. The topological polar surface area (TPSA) is 43.4 Å². The quantitative estimate of drug-likeness (QED) is 0.895. The van der Waals surface area contributed by atoms with Crippen LogP contribution in [0.2, 0.25) is 0 Å². The summed E-state index contributed by atoms with van der Waals surface area (Å²) in [6.45, 7) is 0.307. The van der Waals surface area contributed by atoms with Crippen LogP contribution in [-0.4, -0.2) is 11.8 Å². The zero-order valence-corrected chi connectivity index (χ0v) is 12.6. The summed E-state index contributed by atoms with van der Waals surface area (Å²) >= 11 is 1.68. The molecular weight excluding hydrogens is 284 g/mol. The van der Waals surface area contributed by atoms with Gasteiger partial charge in [0.1, 0.15) is 0 Å². The molecule has 0 amide bonds. The number of benzene rings is 1. The Hall–Kier alpha value is -1.75. The second kappa shape index (κ2) is 5.56. The minimum absolute atomic E-state index is 0.307. The second-order valence-electron chi connectivity index (χ2n) is 5.61. The van der Waals surface area contributed by atoms with Gasteiger partial charge in [-0.3, -0.25) is 0 Å². The van der Waals surface area contributed by atoms with Gasteiger partial charge in [0.2, 0.25) is 6.79 Å². The van der Waals surface area contributed by atoms with Crippen LogP contribution in [0.15, 0.2) is 23.6 Å². The molecule has 2 aromatic rings. The molecule has 1 N–H and O–H groups in total. The zero-order chi connectivity index (χ0) is 14.1. The van der Waals surface area contributed by atoms with Crippen LogP contribution in [-0.2, 0) is 0 Å². The fraction of sp³-hybridized carbons (Fsp3) is 0.438. The summed E-state index contributed by atoms with van der Waals surface area (Å²) in [5, 5.41) is 6.52. The van der Waals surface area contributed by atoms with Crippen molar-refractivity contribution >= 4 is 22.2 Å². The van der Waals surface area contributed by atoms with Gasteiger partial charge in [0.15, 0.2) is 16.6 Å². The average Bonchev–Trinajstić information content (AvgIpc) is 3.17. The minimum Gasteiger partial charge on any atom is -0.454 e. The standard InChI is InChI=1S/C16H18N2O2S/c1-2-4-11(5-3-1)13-9-21-16(18-13)17-12-6-7-14-15(8-12)20-10-19-14/h6-9,11H,1-5,10H2,(H,17,18). The number of rotatable bonds is 3. The highest BCUT2D eigenvalue weighted by Crippen LogP contribution is 2.37. The Morgan fingerprint density at radius 3 is 2.86 bits per heavy atom. The molecule has 21 heavy (non-hydrogen) atoms. The molecule has 110 valence electrons. The van der Waals surface area contributed by atoms with Crippen molar-refractivity contribution in [2.24, 2.45) is 0 Å². The third kappa shape index (κ3) is 2.70. The van der Waals surface area contributed by atoms with Crippen molar-refractivity contribution in [2.45, 2.75) is 38.0 Å². The van der Waals surface area contributed by atoms with Gasteiger partial charge in [0.25, 0.3) is 0 Å². The fourth-order valence-corrected chi connectivity index (χ4v) is 3.84. The fourth-order valence-electron chi connectivity index (χ4n) is 3.03. The summed E-state index contributed by atoms with van der Waals surface area (Å²) in [6, 6.07) is 5.89. The summed E-state index contributed by atoms with van der Waals surface area (Å²) in [5.74, 6) is 2.26. The van der Waals surface area contributed by atoms with E-state index in [-0.39, 0.29) is 0 Å². The largest absolute Gasteiger partial charge is 0.454 e. The molecule has 2 heterocycles. The van der Waals surface area contributed by atoms with Crippen LogP contribution in [0.3, 0.4) is 0 Å². The third-order valence-electron chi connectivity index (χ3n) is 4.17. The number of hydrogen-bond donors (Lipinski definition) is 1. The van der Waals surface area contributed by atoms with E-state index in [1.54, 1.807) is 11.3 Å². The van der Waals surface area contributed by atoms with Gasteiger partial charge >= 0.3 is 0 Å². The zero-order valence-electron chi connectivity index (χ0n) is 11.8. The van der Waals surface area contributed by atoms with Crippen molar-refractivity contribution in [1.29, 1.82) is 0 Å². The van der Waals surface area contributed by atoms with Gasteiger partial charge in [0, 0.05) is 23.1 Å². The Balaban J connectivity index is 1.48. The number of nitrogens with zero attached hydrogens (tertiary/aromatic N) is 1. The van der Waals surface area contributed by atoms with E-state index in [1.165, 1.54) is 37.8 Å². The van der Waals surface area contributed by atoms with E-state index in [1.807, 2.05) is 18.2 Å². The van der Waals surface area contributed by atoms with Gasteiger partial charge in [-0.2, -0.15) is 0 Å². The molecule has 4 rings (SSSR count). The monoisotopic (exact) mass is 302 g/mol. The Kier molecular flexibility index (Phi) is 3.43. The smallest absolute Gasteiger partial charge is 0.231 e. The number of anilines is 2. The second-order valence-corrected chi connectivity index (χ2v) is 6.46. The number of fused-ring (bicyclic) bond motifs is 1. The van der Waals surface area contributed by atoms with Gasteiger partial charge in [-0.1, -0.05) is 19.3 Å². The molecule has 0 spiro atoms. The molecule has 1 aromatic carbocycles. The molecule has 0 atom stereocenters. The maximum absolute atomic E-state index is 5.40. The molecule has 2 aliphatic rings. The predicted molar refractivity (Wildman–Crippen MR) is 83.8 cm³/mol. The summed E-state index contributed by atoms with van der Waals surface area (Å²) in [7, 11) is 0. The van der Waals surface area contributed by atoms with Crippen LogP contribution in [0, 0.1) is 0 Å². The minimum atomic E-state index is 0.307. The molecule has 0 saturated heterocycles. The number of nitrogens with one attached hydrogen (secondary N) is 1. The van der Waals surface area contributed by atoms with Crippen molar-refractivity contribution in [3.05, 3.63) is 29.3 Å². The van der Waals surface area contributed by atoms with Crippen molar-refractivity contribution < 1.29 is 9.47 Å². The SMILES string of the molecule is c1cc2c(cc1Nc1nc(C3CCCCC3)cs1)OCO2. The van der Waals surface area contributed by atoms with Crippen LogP contribution in [0.1, 0.15) is 43.7 Å². The lowest BCUT2D eigenvalue weighted by molar-refractivity contribution is 0.174. The Morgan fingerprint density at radius 1 is 1.10 bits per heavy atom. The predicted octanol–water partition coefficient (Wildman–Crippen LogP) is 4.66. The van der Waals surface area contributed by atoms with Crippen LogP contribution in [0.4, 0.5) is 10.8 Å². The van der Waals surface area contributed by atoms with E-state index < -0.39 is 0 Å². The van der Waals surface area contributed by atoms with Gasteiger partial charge in [-0.15, -0.1) is 11.3 Å². The van der Waals surface area contributed by atoms with Crippen molar-refractivity contribution in [2.75, 3.05) is 12.1 Å². The number of ether oxygens (including phenoxy) is 2. The third-order valence-corrected chi connectivity index (χ3v) is 4.95. The molecule has 0 bridgehead atoms. The number of thiazole rings is 1. The van der Waals surface area contributed by atoms with Crippen molar-refractivity contribution in [3.8, 4) is 11.5 Å². The van der Waals surface area contributed by atoms with E-state index in [4.69, 9.17) is 14.5 Å². The Labute approximate surface area is 128 Å². The van der Waals surface area contributed by atoms with Crippen molar-refractivity contribution in [1.82, 2.24) is 4.98 Å². The van der Waals surface area contributed by atoms with Crippen LogP contribution < -0.4 is 14.8 Å². The maximum Gasteiger partial charge on any atom is 0.231 e. The lowest BCUT2D eigenvalue weighted by Gasteiger charge is -2.19. The molecule has 1 aliphatic carbocycles. The van der Waals surface area contributed by atoms with Crippen LogP contribution >= 0.6 is 11.3 Å². The highest BCUT2D eigenvalue weighted by atomic mass is 32.1. The number of hydrogen-bond acceptors (Lipinski definition) is 5. The van der Waals surface area contributed by atoms with Crippen molar-refractivity contribution in [3.63, 3.8) is 0 Å². The molecule has 0 unspecified atom stereocenters. The maximum atomic E-state index is 5.40. The van der Waals surface area contributed by atoms with E-state index in [9.17, 15) is 0 Å². The molecule has 4 nitrogen and oxygen atoms in total. The highest BCUT2D eigenvalue weighted by Gasteiger charge is 2.18. The lowest BCUT2D eigenvalue weighted by atomic mass is 9.87. The first-order valence-corrected chi connectivity index (χ1v) is 8.38. The first-order valence-electron chi connectivity index (χ1n) is 7.50. The molecule has 1 aromatic heterocycles. The molecule has 5 heteroatoms. The van der Waals surface area contributed by atoms with E-state index >= 15 is 0 Å². The first-order chi connectivity index (χ1) is 10.4. The van der Waals surface area contributed by atoms with Gasteiger partial charge in [-0.25, -0.2) is 4.98 Å². The number of aromatic nitrogens is 1. The Morgan fingerprint density at radius 2 is 1.95 bits per heavy atom. The molecule has 0 radical (unpaired) electrons. The van der Waals surface area contributed by atoms with Gasteiger partial charge in [-0.05, 0) is 25.0 Å². The summed E-state index contributed by atoms with van der Waals surface area (Å²) < 4.78 is 10.7. The van der Waals surface area contributed by atoms with E-state index in [0.29, 0.717) is 12.7 Å². The summed E-state index contributed by atoms with van der Waals surface area (Å²) in [6.07, 6.45) is 6.63. The normalized spacial score (nSPS) is 17.9. The summed E-state index contributed by atoms with van der Waals surface area (Å²) in [4.78, 5) is 4.76. The highest BCUT2D eigenvalue weighted by molar-refractivity contribution is 7.13. The average molecular weight is 302 g/mol. The van der Waals surface area contributed by atoms with Crippen LogP contribution in [0.25, 0.3) is 0 Å². The van der Waals surface area contributed by atoms with Gasteiger partial charge < -0.3 is 14.8 Å². The van der Waals surface area contributed by atoms with E-state index in [2.05, 4.69) is 10.7 Å². The first kappa shape index (κ1) is 13.0.